The highest BCUT2D eigenvalue weighted by Gasteiger charge is 2.09. The van der Waals surface area contributed by atoms with Crippen LogP contribution in [0.1, 0.15) is 18.3 Å². The van der Waals surface area contributed by atoms with Gasteiger partial charge in [-0.15, -0.1) is 0 Å². The molecule has 4 rings (SSSR count). The summed E-state index contributed by atoms with van der Waals surface area (Å²) in [5, 5.41) is 0. The van der Waals surface area contributed by atoms with Gasteiger partial charge in [-0.05, 0) is 42.0 Å². The number of ether oxygens (including phenoxy) is 1. The molecule has 2 aromatic heterocycles. The zero-order valence-corrected chi connectivity index (χ0v) is 15.7. The number of hydrogen-bond acceptors (Lipinski definition) is 3. The minimum absolute atomic E-state index is 0.186. The Balaban J connectivity index is 1.59. The molecule has 28 heavy (non-hydrogen) atoms. The minimum Gasteiger partial charge on any atom is -0.489 e. The Kier molecular flexibility index (Phi) is 4.69. The first kappa shape index (κ1) is 18.0. The third-order valence-corrected chi connectivity index (χ3v) is 4.76. The number of benzene rings is 2. The van der Waals surface area contributed by atoms with Gasteiger partial charge in [0.05, 0.1) is 16.7 Å². The van der Waals surface area contributed by atoms with Crippen LogP contribution in [0, 0.1) is 5.82 Å². The third-order valence-electron chi connectivity index (χ3n) is 4.76. The molecule has 0 aliphatic carbocycles. The van der Waals surface area contributed by atoms with Crippen molar-refractivity contribution in [1.29, 1.82) is 0 Å². The van der Waals surface area contributed by atoms with Crippen LogP contribution in [-0.4, -0.2) is 14.1 Å². The van der Waals surface area contributed by atoms with Crippen LogP contribution in [0.3, 0.4) is 0 Å². The van der Waals surface area contributed by atoms with E-state index in [0.29, 0.717) is 5.75 Å². The predicted octanol–water partition coefficient (Wildman–Crippen LogP) is 4.00. The molecule has 0 fully saturated rings. The van der Waals surface area contributed by atoms with E-state index in [9.17, 15) is 9.18 Å². The van der Waals surface area contributed by atoms with Gasteiger partial charge in [-0.25, -0.2) is 9.37 Å². The van der Waals surface area contributed by atoms with E-state index < -0.39 is 0 Å². The molecule has 0 unspecified atom stereocenters. The van der Waals surface area contributed by atoms with E-state index in [4.69, 9.17) is 4.74 Å². The first-order valence-electron chi connectivity index (χ1n) is 9.11. The zero-order chi connectivity index (χ0) is 19.7. The Hall–Kier alpha value is -3.41. The van der Waals surface area contributed by atoms with Crippen molar-refractivity contribution in [1.82, 2.24) is 14.1 Å². The molecule has 0 amide bonds. The van der Waals surface area contributed by atoms with Crippen molar-refractivity contribution >= 4 is 11.0 Å². The van der Waals surface area contributed by atoms with Gasteiger partial charge >= 0.3 is 0 Å². The first-order chi connectivity index (χ1) is 13.5. The molecule has 0 saturated heterocycles. The van der Waals surface area contributed by atoms with E-state index in [1.54, 1.807) is 29.0 Å². The highest BCUT2D eigenvalue weighted by atomic mass is 19.1. The van der Waals surface area contributed by atoms with Gasteiger partial charge in [0, 0.05) is 25.7 Å². The number of halogens is 1. The average Bonchev–Trinajstić information content (AvgIpc) is 3.03. The second kappa shape index (κ2) is 7.31. The summed E-state index contributed by atoms with van der Waals surface area (Å²) in [4.78, 5) is 17.2. The monoisotopic (exact) mass is 377 g/mol. The van der Waals surface area contributed by atoms with Crippen molar-refractivity contribution in [2.45, 2.75) is 20.0 Å². The Morgan fingerprint density at radius 1 is 1.07 bits per heavy atom. The van der Waals surface area contributed by atoms with E-state index >= 15 is 0 Å². The van der Waals surface area contributed by atoms with E-state index in [0.717, 1.165) is 34.5 Å². The number of aryl methyl sites for hydroxylation is 2. The Bertz CT molecular complexity index is 1190. The number of pyridine rings is 1. The lowest BCUT2D eigenvalue weighted by Crippen LogP contribution is -2.16. The van der Waals surface area contributed by atoms with Gasteiger partial charge in [0.15, 0.2) is 0 Å². The van der Waals surface area contributed by atoms with E-state index in [1.165, 1.54) is 18.2 Å². The lowest BCUT2D eigenvalue weighted by atomic mass is 10.2. The quantitative estimate of drug-likeness (QED) is 0.528. The number of aromatic nitrogens is 3. The maximum absolute atomic E-state index is 13.0. The first-order valence-corrected chi connectivity index (χ1v) is 9.11. The number of imidazole rings is 1. The molecule has 0 bridgehead atoms. The van der Waals surface area contributed by atoms with Crippen molar-refractivity contribution in [3.05, 3.63) is 88.4 Å². The SMILES string of the molecule is CCc1nc2ccc(-n3ccc(OCc4ccc(F)cc4)cc3=O)cc2n1C. The van der Waals surface area contributed by atoms with E-state index in [2.05, 4.69) is 11.9 Å². The van der Waals surface area contributed by atoms with Crippen LogP contribution in [0.5, 0.6) is 5.75 Å². The molecule has 6 heteroatoms. The molecule has 0 aliphatic heterocycles. The van der Waals surface area contributed by atoms with Crippen molar-refractivity contribution in [2.75, 3.05) is 0 Å². The Morgan fingerprint density at radius 3 is 2.57 bits per heavy atom. The average molecular weight is 377 g/mol. The molecule has 2 aromatic carbocycles. The van der Waals surface area contributed by atoms with Gasteiger partial charge in [0.25, 0.3) is 5.56 Å². The van der Waals surface area contributed by atoms with Crippen molar-refractivity contribution < 1.29 is 9.13 Å². The Labute approximate surface area is 161 Å². The summed E-state index contributed by atoms with van der Waals surface area (Å²) in [6, 6.07) is 15.1. The van der Waals surface area contributed by atoms with Crippen LogP contribution in [0.4, 0.5) is 4.39 Å². The molecule has 5 nitrogen and oxygen atoms in total. The maximum atomic E-state index is 13.0. The maximum Gasteiger partial charge on any atom is 0.258 e. The smallest absolute Gasteiger partial charge is 0.258 e. The Morgan fingerprint density at radius 2 is 1.86 bits per heavy atom. The summed E-state index contributed by atoms with van der Waals surface area (Å²) in [6.07, 6.45) is 2.54. The van der Waals surface area contributed by atoms with E-state index in [-0.39, 0.29) is 18.0 Å². The second-order valence-corrected chi connectivity index (χ2v) is 6.60. The molecule has 0 atom stereocenters. The van der Waals surface area contributed by atoms with Gasteiger partial charge in [0.1, 0.15) is 24.0 Å². The lowest BCUT2D eigenvalue weighted by molar-refractivity contribution is 0.305. The summed E-state index contributed by atoms with van der Waals surface area (Å²) >= 11 is 0. The highest BCUT2D eigenvalue weighted by Crippen LogP contribution is 2.20. The molecular formula is C22H20FN3O2. The molecule has 4 aromatic rings. The molecule has 2 heterocycles. The summed E-state index contributed by atoms with van der Waals surface area (Å²) in [6.45, 7) is 2.34. The fourth-order valence-corrected chi connectivity index (χ4v) is 3.21. The second-order valence-electron chi connectivity index (χ2n) is 6.60. The topological polar surface area (TPSA) is 49.1 Å². The predicted molar refractivity (Wildman–Crippen MR) is 106 cm³/mol. The molecule has 142 valence electrons. The van der Waals surface area contributed by atoms with E-state index in [1.807, 2.05) is 29.8 Å². The summed E-state index contributed by atoms with van der Waals surface area (Å²) < 4.78 is 22.2. The van der Waals surface area contributed by atoms with Gasteiger partial charge in [-0.3, -0.25) is 9.36 Å². The number of rotatable bonds is 5. The number of nitrogens with zero attached hydrogens (tertiary/aromatic N) is 3. The third kappa shape index (κ3) is 3.41. The number of hydrogen-bond donors (Lipinski definition) is 0. The molecule has 0 aliphatic rings. The zero-order valence-electron chi connectivity index (χ0n) is 15.7. The van der Waals surface area contributed by atoms with Crippen LogP contribution in [0.15, 0.2) is 65.6 Å². The fraction of sp³-hybridized carbons (Fsp3) is 0.182. The van der Waals surface area contributed by atoms with Crippen LogP contribution < -0.4 is 10.3 Å². The lowest BCUT2D eigenvalue weighted by Gasteiger charge is -2.09. The summed E-state index contributed by atoms with van der Waals surface area (Å²) in [5.41, 5.74) is 3.31. The van der Waals surface area contributed by atoms with Gasteiger partial charge < -0.3 is 9.30 Å². The van der Waals surface area contributed by atoms with Crippen molar-refractivity contribution in [2.24, 2.45) is 7.05 Å². The molecule has 0 spiro atoms. The van der Waals surface area contributed by atoms with Gasteiger partial charge in [-0.1, -0.05) is 19.1 Å². The molecular weight excluding hydrogens is 357 g/mol. The summed E-state index contributed by atoms with van der Waals surface area (Å²) in [7, 11) is 1.98. The van der Waals surface area contributed by atoms with Crippen LogP contribution in [0.25, 0.3) is 16.7 Å². The fourth-order valence-electron chi connectivity index (χ4n) is 3.21. The molecule has 0 N–H and O–H groups in total. The van der Waals surface area contributed by atoms with Crippen LogP contribution >= 0.6 is 0 Å². The molecule has 0 saturated carbocycles. The van der Waals surface area contributed by atoms with Crippen molar-refractivity contribution in [3.8, 4) is 11.4 Å². The summed E-state index contributed by atoms with van der Waals surface area (Å²) in [5.74, 6) is 1.19. The van der Waals surface area contributed by atoms with Crippen LogP contribution in [0.2, 0.25) is 0 Å². The molecule has 0 radical (unpaired) electrons. The van der Waals surface area contributed by atoms with Crippen LogP contribution in [-0.2, 0) is 20.1 Å². The normalized spacial score (nSPS) is 11.1. The van der Waals surface area contributed by atoms with Gasteiger partial charge in [-0.2, -0.15) is 0 Å². The minimum atomic E-state index is -0.289. The highest BCUT2D eigenvalue weighted by molar-refractivity contribution is 5.78. The largest absolute Gasteiger partial charge is 0.489 e. The van der Waals surface area contributed by atoms with Gasteiger partial charge in [0.2, 0.25) is 0 Å². The number of fused-ring (bicyclic) bond motifs is 1. The van der Waals surface area contributed by atoms with Crippen molar-refractivity contribution in [3.63, 3.8) is 0 Å². The standard InChI is InChI=1S/C22H20FN3O2/c1-3-21-24-19-9-8-17(12-20(19)25(21)2)26-11-10-18(13-22(26)27)28-14-15-4-6-16(23)7-5-15/h4-13H,3,14H2,1-2H3.